The lowest BCUT2D eigenvalue weighted by Crippen LogP contribution is -2.67. The number of pyridine rings is 1. The molecule has 1 aliphatic carbocycles. The van der Waals surface area contributed by atoms with Gasteiger partial charge in [-0.3, -0.25) is 24.2 Å². The summed E-state index contributed by atoms with van der Waals surface area (Å²) in [6, 6.07) is 16.2. The maximum atomic E-state index is 14.2. The van der Waals surface area contributed by atoms with Crippen LogP contribution in [0.4, 0.5) is 0 Å². The van der Waals surface area contributed by atoms with Crippen molar-refractivity contribution < 1.29 is 9.59 Å². The zero-order chi connectivity index (χ0) is 27.1. The summed E-state index contributed by atoms with van der Waals surface area (Å²) >= 11 is 5.48. The van der Waals surface area contributed by atoms with Crippen LogP contribution in [0.15, 0.2) is 53.3 Å². The molecule has 0 radical (unpaired) electrons. The summed E-state index contributed by atoms with van der Waals surface area (Å²) in [5, 5.41) is 2.67. The van der Waals surface area contributed by atoms with Gasteiger partial charge in [0.05, 0.1) is 0 Å². The molecule has 2 fully saturated rings. The van der Waals surface area contributed by atoms with E-state index in [0.29, 0.717) is 32.0 Å². The number of thiocarbonyl (C=S) groups is 1. The first-order valence-electron chi connectivity index (χ1n) is 13.8. The van der Waals surface area contributed by atoms with Crippen LogP contribution >= 0.6 is 12.2 Å². The topological polar surface area (TPSA) is 65.9 Å². The Bertz CT molecular complexity index is 1590. The Hall–Kier alpha value is -3.36. The molecule has 8 heteroatoms. The summed E-state index contributed by atoms with van der Waals surface area (Å²) < 4.78 is 1.91. The van der Waals surface area contributed by atoms with Gasteiger partial charge in [0.25, 0.3) is 5.56 Å². The molecule has 200 valence electrons. The van der Waals surface area contributed by atoms with Gasteiger partial charge < -0.3 is 9.47 Å². The van der Waals surface area contributed by atoms with E-state index in [-0.39, 0.29) is 28.4 Å². The summed E-state index contributed by atoms with van der Waals surface area (Å²) in [6.07, 6.45) is 3.40. The number of aromatic nitrogens is 1. The summed E-state index contributed by atoms with van der Waals surface area (Å²) in [4.78, 5) is 46.2. The van der Waals surface area contributed by atoms with E-state index in [4.69, 9.17) is 12.2 Å². The molecule has 0 unspecified atom stereocenters. The molecule has 7 rings (SSSR count). The zero-order valence-electron chi connectivity index (χ0n) is 22.4. The van der Waals surface area contributed by atoms with E-state index in [1.807, 2.05) is 16.7 Å². The summed E-state index contributed by atoms with van der Waals surface area (Å²) in [5.41, 5.74) is 3.53. The molecule has 4 heterocycles. The smallest absolute Gasteiger partial charge is 0.250 e. The Labute approximate surface area is 233 Å². The molecule has 2 amide bonds. The van der Waals surface area contributed by atoms with Crippen LogP contribution in [-0.2, 0) is 35.4 Å². The number of carbonyl (C=O) groups excluding carboxylic acids is 2. The van der Waals surface area contributed by atoms with Crippen LogP contribution in [0.1, 0.15) is 34.7 Å². The Balaban J connectivity index is 1.30. The van der Waals surface area contributed by atoms with Crippen molar-refractivity contribution in [3.05, 3.63) is 81.3 Å². The molecule has 2 bridgehead atoms. The van der Waals surface area contributed by atoms with Crippen LogP contribution in [0.25, 0.3) is 10.8 Å². The number of aryl methyl sites for hydroxylation is 2. The van der Waals surface area contributed by atoms with E-state index >= 15 is 0 Å². The van der Waals surface area contributed by atoms with Gasteiger partial charge in [0.15, 0.2) is 5.11 Å². The maximum Gasteiger partial charge on any atom is 0.250 e. The van der Waals surface area contributed by atoms with Crippen molar-refractivity contribution in [1.29, 1.82) is 0 Å². The van der Waals surface area contributed by atoms with Gasteiger partial charge in [0, 0.05) is 58.0 Å². The minimum absolute atomic E-state index is 0.0496. The third kappa shape index (κ3) is 3.64. The molecule has 0 N–H and O–H groups in total. The first kappa shape index (κ1) is 24.7. The summed E-state index contributed by atoms with van der Waals surface area (Å²) in [7, 11) is 3.37. The second-order valence-corrected chi connectivity index (χ2v) is 12.3. The van der Waals surface area contributed by atoms with Crippen molar-refractivity contribution in [2.75, 3.05) is 33.7 Å². The monoisotopic (exact) mass is 540 g/mol. The Kier molecular flexibility index (Phi) is 5.58. The predicted octanol–water partition coefficient (Wildman–Crippen LogP) is 2.96. The van der Waals surface area contributed by atoms with Gasteiger partial charge in [0.2, 0.25) is 11.8 Å². The van der Waals surface area contributed by atoms with Crippen molar-refractivity contribution in [2.24, 2.45) is 11.3 Å². The van der Waals surface area contributed by atoms with Crippen molar-refractivity contribution in [3.8, 4) is 0 Å². The molecule has 7 nitrogen and oxygen atoms in total. The van der Waals surface area contributed by atoms with E-state index in [9.17, 15) is 14.4 Å². The van der Waals surface area contributed by atoms with E-state index in [2.05, 4.69) is 35.2 Å². The fourth-order valence-corrected chi connectivity index (χ4v) is 7.93. The second-order valence-electron chi connectivity index (χ2n) is 11.9. The molecule has 1 aromatic heterocycles. The highest BCUT2D eigenvalue weighted by atomic mass is 32.1. The Morgan fingerprint density at radius 1 is 0.872 bits per heavy atom. The normalized spacial score (nSPS) is 24.0. The molecule has 3 aliphatic heterocycles. The lowest BCUT2D eigenvalue weighted by atomic mass is 9.74. The highest BCUT2D eigenvalue weighted by Crippen LogP contribution is 2.41. The van der Waals surface area contributed by atoms with Gasteiger partial charge in [-0.2, -0.15) is 0 Å². The minimum Gasteiger partial charge on any atom is -0.312 e. The van der Waals surface area contributed by atoms with Gasteiger partial charge in [0.1, 0.15) is 5.41 Å². The average molecular weight is 541 g/mol. The number of amides is 2. The van der Waals surface area contributed by atoms with Crippen LogP contribution in [0.3, 0.4) is 0 Å². The second kappa shape index (κ2) is 8.83. The molecule has 0 saturated carbocycles. The van der Waals surface area contributed by atoms with E-state index < -0.39 is 5.41 Å². The van der Waals surface area contributed by atoms with Crippen LogP contribution in [-0.4, -0.2) is 69.9 Å². The van der Waals surface area contributed by atoms with Crippen molar-refractivity contribution in [3.63, 3.8) is 0 Å². The molecule has 39 heavy (non-hydrogen) atoms. The third-order valence-corrected chi connectivity index (χ3v) is 10.1. The van der Waals surface area contributed by atoms with Gasteiger partial charge in [-0.05, 0) is 77.3 Å². The minimum atomic E-state index is -1.29. The summed E-state index contributed by atoms with van der Waals surface area (Å²) in [6.45, 7) is 2.47. The van der Waals surface area contributed by atoms with Gasteiger partial charge >= 0.3 is 0 Å². The van der Waals surface area contributed by atoms with Crippen LogP contribution in [0.2, 0.25) is 0 Å². The Morgan fingerprint density at radius 3 is 2.36 bits per heavy atom. The molecule has 2 aromatic carbocycles. The largest absolute Gasteiger partial charge is 0.312 e. The van der Waals surface area contributed by atoms with Gasteiger partial charge in [-0.25, -0.2) is 0 Å². The highest BCUT2D eigenvalue weighted by molar-refractivity contribution is 7.80. The fourth-order valence-electron chi connectivity index (χ4n) is 7.77. The predicted molar refractivity (Wildman–Crippen MR) is 154 cm³/mol. The quantitative estimate of drug-likeness (QED) is 0.376. The van der Waals surface area contributed by atoms with Gasteiger partial charge in [-0.15, -0.1) is 0 Å². The highest BCUT2D eigenvalue weighted by Gasteiger charge is 2.55. The number of rotatable bonds is 4. The molecule has 4 aliphatic rings. The van der Waals surface area contributed by atoms with Gasteiger partial charge in [-0.1, -0.05) is 36.4 Å². The molecule has 2 atom stereocenters. The number of likely N-dealkylation sites (tertiary alicyclic amines) is 1. The SMILES string of the molecule is CN1C(=O)C(Cc2ccc3c4c(cccc24)CC3)(CN2C[C@H]3C[C@@H](C2)c2cccc(=O)n2C3)C(=O)N(C)C1=S. The van der Waals surface area contributed by atoms with Crippen molar-refractivity contribution >= 4 is 39.9 Å². The molecular formula is C31H32N4O3S. The number of hydrogen-bond acceptors (Lipinski definition) is 5. The lowest BCUT2D eigenvalue weighted by Gasteiger charge is -2.48. The average Bonchev–Trinajstić information content (AvgIpc) is 3.36. The van der Waals surface area contributed by atoms with E-state index in [1.54, 1.807) is 20.2 Å². The van der Waals surface area contributed by atoms with Crippen molar-refractivity contribution in [2.45, 2.75) is 38.1 Å². The number of carbonyl (C=O) groups is 2. The number of hydrogen-bond donors (Lipinski definition) is 0. The standard InChI is InChI=1S/C31H32N4O3S/c1-32-28(37)31(29(38)33(2)30(32)39,14-22-12-11-21-10-9-20-5-3-6-24(22)27(20)21)18-34-15-19-13-23(17-34)25-7-4-8-26(36)35(25)16-19/h3-8,11-12,19,23H,9-10,13-18H2,1-2H3/t19-,23+/m1/s1. The zero-order valence-corrected chi connectivity index (χ0v) is 23.2. The molecule has 0 spiro atoms. The summed E-state index contributed by atoms with van der Waals surface area (Å²) in [5.74, 6) is 0.0403. The number of piperidine rings is 1. The first-order chi connectivity index (χ1) is 18.8. The number of nitrogens with zero attached hydrogens (tertiary/aromatic N) is 4. The lowest BCUT2D eigenvalue weighted by molar-refractivity contribution is -0.157. The van der Waals surface area contributed by atoms with Crippen molar-refractivity contribution in [1.82, 2.24) is 19.3 Å². The van der Waals surface area contributed by atoms with Crippen LogP contribution in [0.5, 0.6) is 0 Å². The first-order valence-corrected chi connectivity index (χ1v) is 14.2. The maximum absolute atomic E-state index is 14.2. The van der Waals surface area contributed by atoms with Crippen LogP contribution in [0, 0.1) is 11.3 Å². The number of benzene rings is 2. The van der Waals surface area contributed by atoms with E-state index in [0.717, 1.165) is 42.5 Å². The number of fused-ring (bicyclic) bond motifs is 4. The molecular weight excluding hydrogens is 508 g/mol. The third-order valence-electron chi connectivity index (χ3n) is 9.51. The van der Waals surface area contributed by atoms with Crippen LogP contribution < -0.4 is 5.56 Å². The Morgan fingerprint density at radius 2 is 1.59 bits per heavy atom. The fraction of sp³-hybridized carbons (Fsp3) is 0.419. The molecule has 3 aromatic rings. The van der Waals surface area contributed by atoms with E-state index in [1.165, 1.54) is 26.3 Å². The molecule has 2 saturated heterocycles.